The van der Waals surface area contributed by atoms with Gasteiger partial charge in [0.2, 0.25) is 0 Å². The molecule has 1 nitrogen and oxygen atoms in total. The fourth-order valence-corrected chi connectivity index (χ4v) is 2.22. The van der Waals surface area contributed by atoms with Crippen LogP contribution < -0.4 is 5.32 Å². The maximum Gasteiger partial charge on any atom is 0.00750 e. The van der Waals surface area contributed by atoms with Gasteiger partial charge in [0.05, 0.1) is 0 Å². The summed E-state index contributed by atoms with van der Waals surface area (Å²) in [7, 11) is 0. The van der Waals surface area contributed by atoms with Crippen molar-refractivity contribution in [1.29, 1.82) is 0 Å². The van der Waals surface area contributed by atoms with Gasteiger partial charge in [0.25, 0.3) is 0 Å². The van der Waals surface area contributed by atoms with Gasteiger partial charge in [-0.05, 0) is 43.4 Å². The van der Waals surface area contributed by atoms with Crippen molar-refractivity contribution in [1.82, 2.24) is 5.32 Å². The molecule has 1 N–H and O–H groups in total. The molecule has 1 fully saturated rings. The Balaban J connectivity index is 2.20. The Bertz CT molecular complexity index is 117. The van der Waals surface area contributed by atoms with Gasteiger partial charge in [-0.25, -0.2) is 0 Å². The van der Waals surface area contributed by atoms with Crippen LogP contribution in [0.25, 0.3) is 0 Å². The topological polar surface area (TPSA) is 12.0 Å². The van der Waals surface area contributed by atoms with E-state index in [9.17, 15) is 0 Å². The average Bonchev–Trinajstić information content (AvgIpc) is 2.06. The summed E-state index contributed by atoms with van der Waals surface area (Å²) >= 11 is 4.25. The number of hydrogen-bond donors (Lipinski definition) is 2. The summed E-state index contributed by atoms with van der Waals surface area (Å²) in [4.78, 5) is 0. The second kappa shape index (κ2) is 5.13. The van der Waals surface area contributed by atoms with E-state index in [1.165, 1.54) is 25.8 Å². The largest absolute Gasteiger partial charge is 0.314 e. The summed E-state index contributed by atoms with van der Waals surface area (Å²) in [5.74, 6) is 2.76. The number of thiol groups is 1. The van der Waals surface area contributed by atoms with Crippen molar-refractivity contribution in [2.45, 2.75) is 39.2 Å². The second-order valence-electron chi connectivity index (χ2n) is 4.20. The van der Waals surface area contributed by atoms with Crippen molar-refractivity contribution in [3.05, 3.63) is 0 Å². The van der Waals surface area contributed by atoms with Gasteiger partial charge in [0, 0.05) is 6.04 Å². The lowest BCUT2D eigenvalue weighted by Crippen LogP contribution is -2.40. The third-order valence-electron chi connectivity index (χ3n) is 2.98. The van der Waals surface area contributed by atoms with E-state index in [4.69, 9.17) is 0 Å². The first-order valence-corrected chi connectivity index (χ1v) is 5.71. The minimum atomic E-state index is 0.748. The first-order valence-electron chi connectivity index (χ1n) is 5.08. The maximum atomic E-state index is 4.25. The highest BCUT2D eigenvalue weighted by molar-refractivity contribution is 7.80. The van der Waals surface area contributed by atoms with Crippen LogP contribution in [0.15, 0.2) is 0 Å². The van der Waals surface area contributed by atoms with Gasteiger partial charge >= 0.3 is 0 Å². The lowest BCUT2D eigenvalue weighted by molar-refractivity contribution is 0.251. The van der Waals surface area contributed by atoms with Crippen LogP contribution in [0.2, 0.25) is 0 Å². The molecule has 1 rings (SSSR count). The monoisotopic (exact) mass is 187 g/mol. The molecule has 72 valence electrons. The molecule has 0 aromatic rings. The quantitative estimate of drug-likeness (QED) is 0.646. The van der Waals surface area contributed by atoms with Gasteiger partial charge in [0.1, 0.15) is 0 Å². The van der Waals surface area contributed by atoms with Crippen LogP contribution >= 0.6 is 12.6 Å². The molecule has 0 bridgehead atoms. The van der Waals surface area contributed by atoms with Crippen molar-refractivity contribution < 1.29 is 0 Å². The van der Waals surface area contributed by atoms with E-state index in [1.54, 1.807) is 0 Å². The Labute approximate surface area is 81.7 Å². The van der Waals surface area contributed by atoms with E-state index in [0.717, 1.165) is 23.6 Å². The van der Waals surface area contributed by atoms with Crippen molar-refractivity contribution in [2.24, 2.45) is 11.8 Å². The number of hydrogen-bond acceptors (Lipinski definition) is 2. The van der Waals surface area contributed by atoms with Gasteiger partial charge in [-0.2, -0.15) is 12.6 Å². The zero-order valence-electron chi connectivity index (χ0n) is 8.21. The molecule has 1 heterocycles. The molecule has 0 radical (unpaired) electrons. The van der Waals surface area contributed by atoms with Crippen LogP contribution in [0.3, 0.4) is 0 Å². The predicted molar refractivity (Wildman–Crippen MR) is 57.8 cm³/mol. The molecule has 0 aliphatic carbocycles. The summed E-state index contributed by atoms with van der Waals surface area (Å²) < 4.78 is 0. The number of nitrogens with one attached hydrogen (secondary N) is 1. The average molecular weight is 187 g/mol. The molecule has 0 amide bonds. The third kappa shape index (κ3) is 2.98. The Kier molecular flexibility index (Phi) is 4.44. The van der Waals surface area contributed by atoms with E-state index in [2.05, 4.69) is 31.8 Å². The summed E-state index contributed by atoms with van der Waals surface area (Å²) in [5.41, 5.74) is 0. The fourth-order valence-electron chi connectivity index (χ4n) is 1.91. The lowest BCUT2D eigenvalue weighted by Gasteiger charge is -2.31. The van der Waals surface area contributed by atoms with Crippen molar-refractivity contribution in [3.63, 3.8) is 0 Å². The third-order valence-corrected chi connectivity index (χ3v) is 3.23. The normalized spacial score (nSPS) is 31.0. The van der Waals surface area contributed by atoms with E-state index in [1.807, 2.05) is 0 Å². The molecule has 0 spiro atoms. The highest BCUT2D eigenvalue weighted by Crippen LogP contribution is 2.22. The molecular weight excluding hydrogens is 166 g/mol. The van der Waals surface area contributed by atoms with Crippen LogP contribution in [0.4, 0.5) is 0 Å². The Morgan fingerprint density at radius 1 is 1.42 bits per heavy atom. The maximum absolute atomic E-state index is 4.25. The highest BCUT2D eigenvalue weighted by Gasteiger charge is 2.21. The number of rotatable bonds is 3. The van der Waals surface area contributed by atoms with Crippen LogP contribution in [-0.4, -0.2) is 18.3 Å². The van der Waals surface area contributed by atoms with Crippen LogP contribution in [0.1, 0.15) is 33.1 Å². The lowest BCUT2D eigenvalue weighted by atomic mass is 9.86. The zero-order chi connectivity index (χ0) is 8.97. The van der Waals surface area contributed by atoms with E-state index < -0.39 is 0 Å². The van der Waals surface area contributed by atoms with Crippen molar-refractivity contribution >= 4 is 12.6 Å². The van der Waals surface area contributed by atoms with Crippen LogP contribution in [-0.2, 0) is 0 Å². The second-order valence-corrected chi connectivity index (χ2v) is 4.65. The van der Waals surface area contributed by atoms with Crippen LogP contribution in [0.5, 0.6) is 0 Å². The fraction of sp³-hybridized carbons (Fsp3) is 1.00. The Hall–Kier alpha value is 0.310. The molecule has 1 saturated heterocycles. The SMILES string of the molecule is CC(C)[C@@H]1CC[C@H](CCS)NC1. The van der Waals surface area contributed by atoms with Gasteiger partial charge in [-0.3, -0.25) is 0 Å². The smallest absolute Gasteiger partial charge is 0.00750 e. The minimum absolute atomic E-state index is 0.748. The summed E-state index contributed by atoms with van der Waals surface area (Å²) in [6, 6.07) is 0.748. The predicted octanol–water partition coefficient (Wildman–Crippen LogP) is 2.33. The molecular formula is C10H21NS. The summed E-state index contributed by atoms with van der Waals surface area (Å²) in [6.45, 7) is 5.87. The molecule has 1 aliphatic heterocycles. The Morgan fingerprint density at radius 2 is 2.17 bits per heavy atom. The van der Waals surface area contributed by atoms with Crippen molar-refractivity contribution in [2.75, 3.05) is 12.3 Å². The van der Waals surface area contributed by atoms with Gasteiger partial charge < -0.3 is 5.32 Å². The molecule has 12 heavy (non-hydrogen) atoms. The standard InChI is InChI=1S/C10H21NS/c1-8(2)9-3-4-10(5-6-12)11-7-9/h8-12H,3-7H2,1-2H3/t9-,10-/m1/s1. The van der Waals surface area contributed by atoms with Gasteiger partial charge in [-0.15, -0.1) is 0 Å². The molecule has 2 heteroatoms. The zero-order valence-corrected chi connectivity index (χ0v) is 9.11. The summed E-state index contributed by atoms with van der Waals surface area (Å²) in [6.07, 6.45) is 3.99. The molecule has 1 aliphatic rings. The molecule has 0 unspecified atom stereocenters. The van der Waals surface area contributed by atoms with E-state index >= 15 is 0 Å². The van der Waals surface area contributed by atoms with E-state index in [-0.39, 0.29) is 0 Å². The first kappa shape index (κ1) is 10.4. The van der Waals surface area contributed by atoms with E-state index in [0.29, 0.717) is 0 Å². The highest BCUT2D eigenvalue weighted by atomic mass is 32.1. The molecule has 0 aromatic carbocycles. The molecule has 0 aromatic heterocycles. The first-order chi connectivity index (χ1) is 5.74. The van der Waals surface area contributed by atoms with Gasteiger partial charge in [0.15, 0.2) is 0 Å². The van der Waals surface area contributed by atoms with Gasteiger partial charge in [-0.1, -0.05) is 13.8 Å². The van der Waals surface area contributed by atoms with Crippen molar-refractivity contribution in [3.8, 4) is 0 Å². The minimum Gasteiger partial charge on any atom is -0.314 e. The number of piperidine rings is 1. The van der Waals surface area contributed by atoms with Crippen LogP contribution in [0, 0.1) is 11.8 Å². The Morgan fingerprint density at radius 3 is 2.58 bits per heavy atom. The molecule has 0 saturated carbocycles. The summed E-state index contributed by atoms with van der Waals surface area (Å²) in [5, 5.41) is 3.60. The molecule has 2 atom stereocenters.